The van der Waals surface area contributed by atoms with Gasteiger partial charge in [0.25, 0.3) is 0 Å². The fraction of sp³-hybridized carbons (Fsp3) is 0.500. The van der Waals surface area contributed by atoms with Gasteiger partial charge >= 0.3 is 6.09 Å². The number of nitrogens with zero attached hydrogens (tertiary/aromatic N) is 1. The van der Waals surface area contributed by atoms with E-state index in [1.165, 1.54) is 4.90 Å². The Morgan fingerprint density at radius 3 is 2.29 bits per heavy atom. The van der Waals surface area contributed by atoms with Crippen molar-refractivity contribution in [2.24, 2.45) is 5.92 Å². The maximum Gasteiger partial charge on any atom is 0.416 e. The van der Waals surface area contributed by atoms with Crippen molar-refractivity contribution in [3.63, 3.8) is 0 Å². The molecule has 2 aromatic carbocycles. The first-order valence-corrected chi connectivity index (χ1v) is 12.1. The molecule has 6 heteroatoms. The predicted molar refractivity (Wildman–Crippen MR) is 131 cm³/mol. The number of cyclic esters (lactones) is 1. The highest BCUT2D eigenvalue weighted by molar-refractivity contribution is 5.95. The summed E-state index contributed by atoms with van der Waals surface area (Å²) in [5.74, 6) is -0.736. The maximum atomic E-state index is 13.5. The second kappa shape index (κ2) is 12.1. The Bertz CT molecular complexity index is 909. The number of amides is 2. The molecule has 3 rings (SSSR count). The summed E-state index contributed by atoms with van der Waals surface area (Å²) < 4.78 is 17.4. The topological polar surface area (TPSA) is 65.1 Å². The molecule has 184 valence electrons. The van der Waals surface area contributed by atoms with Gasteiger partial charge in [-0.25, -0.2) is 9.69 Å². The van der Waals surface area contributed by atoms with Gasteiger partial charge in [-0.15, -0.1) is 0 Å². The van der Waals surface area contributed by atoms with Crippen LogP contribution in [0.1, 0.15) is 51.7 Å². The zero-order valence-corrected chi connectivity index (χ0v) is 20.7. The van der Waals surface area contributed by atoms with Crippen molar-refractivity contribution in [2.75, 3.05) is 13.2 Å². The van der Waals surface area contributed by atoms with Gasteiger partial charge in [0.2, 0.25) is 5.91 Å². The zero-order valence-electron chi connectivity index (χ0n) is 20.7. The van der Waals surface area contributed by atoms with Crippen molar-refractivity contribution in [2.45, 2.75) is 71.3 Å². The highest BCUT2D eigenvalue weighted by Gasteiger charge is 2.42. The van der Waals surface area contributed by atoms with E-state index >= 15 is 0 Å². The van der Waals surface area contributed by atoms with Crippen LogP contribution in [0.4, 0.5) is 4.79 Å². The van der Waals surface area contributed by atoms with Crippen LogP contribution in [-0.4, -0.2) is 47.9 Å². The molecule has 0 spiro atoms. The van der Waals surface area contributed by atoms with Crippen molar-refractivity contribution in [1.82, 2.24) is 4.90 Å². The number of rotatable bonds is 11. The Kier molecular flexibility index (Phi) is 9.25. The molecule has 1 aliphatic heterocycles. The first-order chi connectivity index (χ1) is 16.2. The maximum absolute atomic E-state index is 13.5. The van der Waals surface area contributed by atoms with E-state index in [1.807, 2.05) is 88.4 Å². The number of hydrogen-bond acceptors (Lipinski definition) is 5. The minimum Gasteiger partial charge on any atom is -0.447 e. The van der Waals surface area contributed by atoms with Gasteiger partial charge in [-0.05, 0) is 51.2 Å². The fourth-order valence-electron chi connectivity index (χ4n) is 4.16. The van der Waals surface area contributed by atoms with Gasteiger partial charge in [-0.1, -0.05) is 67.6 Å². The molecule has 1 fully saturated rings. The van der Waals surface area contributed by atoms with Crippen LogP contribution in [-0.2, 0) is 32.0 Å². The third-order valence-electron chi connectivity index (χ3n) is 5.85. The molecular weight excluding hydrogens is 430 g/mol. The average Bonchev–Trinajstić information content (AvgIpc) is 3.17. The number of carbonyl (C=O) groups is 2. The summed E-state index contributed by atoms with van der Waals surface area (Å²) in [7, 11) is 0. The van der Waals surface area contributed by atoms with E-state index < -0.39 is 17.6 Å². The van der Waals surface area contributed by atoms with Crippen LogP contribution < -0.4 is 0 Å². The van der Waals surface area contributed by atoms with E-state index in [0.717, 1.165) is 17.5 Å². The van der Waals surface area contributed by atoms with Gasteiger partial charge in [-0.2, -0.15) is 0 Å². The summed E-state index contributed by atoms with van der Waals surface area (Å²) >= 11 is 0. The smallest absolute Gasteiger partial charge is 0.416 e. The van der Waals surface area contributed by atoms with Gasteiger partial charge in [0, 0.05) is 6.61 Å². The molecule has 2 amide bonds. The van der Waals surface area contributed by atoms with Crippen molar-refractivity contribution < 1.29 is 23.8 Å². The lowest BCUT2D eigenvalue weighted by Gasteiger charge is -2.33. The lowest BCUT2D eigenvalue weighted by Crippen LogP contribution is -2.47. The van der Waals surface area contributed by atoms with Crippen LogP contribution >= 0.6 is 0 Å². The SMILES string of the molecule is C[C@@H](C(=O)N1C(=O)OC[C@H]1Cc1ccccc1)[C@H](CCCOCc1ccccc1)OC(C)(C)C. The minimum atomic E-state index is -0.571. The third-order valence-corrected chi connectivity index (χ3v) is 5.85. The van der Waals surface area contributed by atoms with Crippen LogP contribution in [0.15, 0.2) is 60.7 Å². The third kappa shape index (κ3) is 7.67. The first kappa shape index (κ1) is 25.9. The summed E-state index contributed by atoms with van der Waals surface area (Å²) in [5, 5.41) is 0. The number of hydrogen-bond donors (Lipinski definition) is 0. The molecule has 0 aliphatic carbocycles. The largest absolute Gasteiger partial charge is 0.447 e. The summed E-state index contributed by atoms with van der Waals surface area (Å²) in [4.78, 5) is 27.3. The molecule has 0 bridgehead atoms. The van der Waals surface area contributed by atoms with Crippen LogP contribution in [0.2, 0.25) is 0 Å². The summed E-state index contributed by atoms with van der Waals surface area (Å²) in [6.45, 7) is 9.12. The van der Waals surface area contributed by atoms with Crippen molar-refractivity contribution >= 4 is 12.0 Å². The summed E-state index contributed by atoms with van der Waals surface area (Å²) in [5.41, 5.74) is 1.78. The molecule has 1 aliphatic rings. The summed E-state index contributed by atoms with van der Waals surface area (Å²) in [6.07, 6.45) is 1.08. The first-order valence-electron chi connectivity index (χ1n) is 12.1. The van der Waals surface area contributed by atoms with Gasteiger partial charge in [0.1, 0.15) is 6.61 Å². The van der Waals surface area contributed by atoms with Crippen LogP contribution in [0.5, 0.6) is 0 Å². The minimum absolute atomic E-state index is 0.213. The standard InChI is InChI=1S/C28H37NO5/c1-21(26(30)29-24(20-33-27(29)31)18-22-12-7-5-8-13-22)25(34-28(2,3)4)16-11-17-32-19-23-14-9-6-10-15-23/h5-10,12-15,21,24-25H,11,16-20H2,1-4H3/t21-,24-,25+/m1/s1. The molecule has 0 aromatic heterocycles. The molecule has 34 heavy (non-hydrogen) atoms. The predicted octanol–water partition coefficient (Wildman–Crippen LogP) is 5.39. The lowest BCUT2D eigenvalue weighted by atomic mass is 9.96. The molecule has 1 saturated heterocycles. The van der Waals surface area contributed by atoms with E-state index in [-0.39, 0.29) is 24.7 Å². The van der Waals surface area contributed by atoms with Crippen molar-refractivity contribution in [1.29, 1.82) is 0 Å². The Hall–Kier alpha value is -2.70. The van der Waals surface area contributed by atoms with Gasteiger partial charge in [0.15, 0.2) is 0 Å². The zero-order chi connectivity index (χ0) is 24.6. The molecule has 0 saturated carbocycles. The average molecular weight is 468 g/mol. The lowest BCUT2D eigenvalue weighted by molar-refractivity contribution is -0.145. The number of ether oxygens (including phenoxy) is 3. The molecule has 2 aromatic rings. The Morgan fingerprint density at radius 1 is 1.06 bits per heavy atom. The highest BCUT2D eigenvalue weighted by atomic mass is 16.6. The molecule has 1 heterocycles. The van der Waals surface area contributed by atoms with Crippen LogP contribution in [0.3, 0.4) is 0 Å². The quantitative estimate of drug-likeness (QED) is 0.415. The fourth-order valence-corrected chi connectivity index (χ4v) is 4.16. The van der Waals surface area contributed by atoms with Gasteiger partial charge in [-0.3, -0.25) is 4.79 Å². The second-order valence-electron chi connectivity index (χ2n) is 9.87. The summed E-state index contributed by atoms with van der Waals surface area (Å²) in [6, 6.07) is 19.6. The van der Waals surface area contributed by atoms with E-state index in [4.69, 9.17) is 14.2 Å². The number of imide groups is 1. The van der Waals surface area contributed by atoms with Crippen molar-refractivity contribution in [3.05, 3.63) is 71.8 Å². The molecule has 0 N–H and O–H groups in total. The number of carbonyl (C=O) groups excluding carboxylic acids is 2. The molecule has 0 radical (unpaired) electrons. The Balaban J connectivity index is 1.60. The molecule has 6 nitrogen and oxygen atoms in total. The Morgan fingerprint density at radius 2 is 1.68 bits per heavy atom. The Labute approximate surface area is 203 Å². The van der Waals surface area contributed by atoms with Crippen molar-refractivity contribution in [3.8, 4) is 0 Å². The highest BCUT2D eigenvalue weighted by Crippen LogP contribution is 2.26. The molecule has 0 unspecified atom stereocenters. The normalized spacial score (nSPS) is 17.9. The van der Waals surface area contributed by atoms with Crippen LogP contribution in [0.25, 0.3) is 0 Å². The molecular formula is C28H37NO5. The van der Waals surface area contributed by atoms with Gasteiger partial charge in [0.05, 0.1) is 30.3 Å². The van der Waals surface area contributed by atoms with E-state index in [0.29, 0.717) is 26.1 Å². The number of benzene rings is 2. The van der Waals surface area contributed by atoms with Gasteiger partial charge < -0.3 is 14.2 Å². The van der Waals surface area contributed by atoms with E-state index in [9.17, 15) is 9.59 Å². The molecule has 3 atom stereocenters. The van der Waals surface area contributed by atoms with E-state index in [2.05, 4.69) is 0 Å². The van der Waals surface area contributed by atoms with Crippen LogP contribution in [0, 0.1) is 5.92 Å². The second-order valence-corrected chi connectivity index (χ2v) is 9.87. The van der Waals surface area contributed by atoms with E-state index in [1.54, 1.807) is 0 Å². The monoisotopic (exact) mass is 467 g/mol.